The van der Waals surface area contributed by atoms with Crippen LogP contribution in [0.15, 0.2) is 47.7 Å². The molecule has 1 aliphatic rings. The fourth-order valence-corrected chi connectivity index (χ4v) is 2.80. The Morgan fingerprint density at radius 2 is 2.08 bits per heavy atom. The molecule has 0 saturated carbocycles. The molecule has 0 fully saturated rings. The maximum atomic E-state index is 14.0. The van der Waals surface area contributed by atoms with Crippen LogP contribution in [0.1, 0.15) is 11.3 Å². The minimum atomic E-state index is -0.299. The molecule has 1 amide bonds. The number of amidine groups is 1. The standard InChI is InChI=1S/C17H15FN6O/c1-23-10-14(25)20-16(22-23)15-12-6-4-8-19-17(12)24(21-15)9-11-5-2-3-7-13(11)18/h2-8H,9-10H2,1H3,(H,20,22,25). The molecule has 126 valence electrons. The van der Waals surface area contributed by atoms with Crippen LogP contribution < -0.4 is 5.32 Å². The van der Waals surface area contributed by atoms with Crippen LogP contribution in [0.5, 0.6) is 0 Å². The number of hydrogen-bond acceptors (Lipinski definition) is 5. The third-order valence-corrected chi connectivity index (χ3v) is 3.91. The SMILES string of the molecule is CN1CC(=O)NC(c2nn(Cc3ccccc3F)c3ncccc23)=N1. The average molecular weight is 338 g/mol. The molecule has 1 N–H and O–H groups in total. The van der Waals surface area contributed by atoms with Crippen molar-refractivity contribution in [3.8, 4) is 0 Å². The van der Waals surface area contributed by atoms with Gasteiger partial charge < -0.3 is 5.32 Å². The van der Waals surface area contributed by atoms with Gasteiger partial charge in [0, 0.05) is 18.8 Å². The summed E-state index contributed by atoms with van der Waals surface area (Å²) in [5, 5.41) is 13.9. The minimum Gasteiger partial charge on any atom is -0.306 e. The van der Waals surface area contributed by atoms with Gasteiger partial charge >= 0.3 is 0 Å². The lowest BCUT2D eigenvalue weighted by Gasteiger charge is -2.20. The molecule has 7 nitrogen and oxygen atoms in total. The van der Waals surface area contributed by atoms with Crippen LogP contribution in [0.2, 0.25) is 0 Å². The van der Waals surface area contributed by atoms with Crippen molar-refractivity contribution in [2.75, 3.05) is 13.6 Å². The first-order chi connectivity index (χ1) is 12.1. The van der Waals surface area contributed by atoms with Crippen LogP contribution >= 0.6 is 0 Å². The summed E-state index contributed by atoms with van der Waals surface area (Å²) in [4.78, 5) is 16.2. The number of pyridine rings is 1. The second-order valence-electron chi connectivity index (χ2n) is 5.78. The van der Waals surface area contributed by atoms with Gasteiger partial charge in [-0.15, -0.1) is 0 Å². The highest BCUT2D eigenvalue weighted by molar-refractivity contribution is 6.14. The molecule has 1 aromatic carbocycles. The van der Waals surface area contributed by atoms with Gasteiger partial charge in [-0.3, -0.25) is 9.80 Å². The summed E-state index contributed by atoms with van der Waals surface area (Å²) in [6.07, 6.45) is 1.65. The normalized spacial score (nSPS) is 14.6. The van der Waals surface area contributed by atoms with Gasteiger partial charge in [0.2, 0.25) is 5.91 Å². The molecule has 2 aromatic heterocycles. The Kier molecular flexibility index (Phi) is 3.64. The minimum absolute atomic E-state index is 0.159. The topological polar surface area (TPSA) is 75.4 Å². The number of rotatable bonds is 3. The van der Waals surface area contributed by atoms with Crippen LogP contribution in [0.4, 0.5) is 4.39 Å². The first-order valence-electron chi connectivity index (χ1n) is 7.77. The van der Waals surface area contributed by atoms with Gasteiger partial charge in [-0.1, -0.05) is 18.2 Å². The van der Waals surface area contributed by atoms with Crippen LogP contribution in [-0.4, -0.2) is 45.1 Å². The average Bonchev–Trinajstić information content (AvgIpc) is 2.95. The maximum absolute atomic E-state index is 14.0. The van der Waals surface area contributed by atoms with Crippen LogP contribution in [0.25, 0.3) is 11.0 Å². The Morgan fingerprint density at radius 1 is 1.24 bits per heavy atom. The Bertz CT molecular complexity index is 996. The van der Waals surface area contributed by atoms with Gasteiger partial charge in [-0.05, 0) is 18.2 Å². The van der Waals surface area contributed by atoms with E-state index >= 15 is 0 Å². The number of benzene rings is 1. The lowest BCUT2D eigenvalue weighted by atomic mass is 10.2. The number of hydrogen-bond donors (Lipinski definition) is 1. The maximum Gasteiger partial charge on any atom is 0.246 e. The molecule has 0 radical (unpaired) electrons. The summed E-state index contributed by atoms with van der Waals surface area (Å²) in [5.74, 6) is -0.0936. The smallest absolute Gasteiger partial charge is 0.246 e. The van der Waals surface area contributed by atoms with Crippen molar-refractivity contribution in [2.45, 2.75) is 6.54 Å². The van der Waals surface area contributed by atoms with Crippen molar-refractivity contribution in [2.24, 2.45) is 5.10 Å². The van der Waals surface area contributed by atoms with E-state index in [0.29, 0.717) is 22.7 Å². The largest absolute Gasteiger partial charge is 0.306 e. The lowest BCUT2D eigenvalue weighted by Crippen LogP contribution is -2.44. The fourth-order valence-electron chi connectivity index (χ4n) is 2.80. The van der Waals surface area contributed by atoms with Crippen molar-refractivity contribution < 1.29 is 9.18 Å². The first-order valence-corrected chi connectivity index (χ1v) is 7.77. The lowest BCUT2D eigenvalue weighted by molar-refractivity contribution is -0.121. The van der Waals surface area contributed by atoms with Crippen LogP contribution in [0, 0.1) is 5.82 Å². The summed E-state index contributed by atoms with van der Waals surface area (Å²) >= 11 is 0. The van der Waals surface area contributed by atoms with E-state index in [4.69, 9.17) is 0 Å². The quantitative estimate of drug-likeness (QED) is 0.782. The molecule has 0 bridgehead atoms. The number of amides is 1. The predicted molar refractivity (Wildman–Crippen MR) is 90.3 cm³/mol. The van der Waals surface area contributed by atoms with Gasteiger partial charge in [0.25, 0.3) is 0 Å². The number of likely N-dealkylation sites (N-methyl/N-ethyl adjacent to an activating group) is 1. The molecule has 3 heterocycles. The van der Waals surface area contributed by atoms with E-state index in [1.807, 2.05) is 6.07 Å². The molecular weight excluding hydrogens is 323 g/mol. The summed E-state index contributed by atoms with van der Waals surface area (Å²) in [5.41, 5.74) is 1.63. The Morgan fingerprint density at radius 3 is 2.88 bits per heavy atom. The predicted octanol–water partition coefficient (Wildman–Crippen LogP) is 1.34. The number of fused-ring (bicyclic) bond motifs is 1. The second kappa shape index (κ2) is 5.97. The number of nitrogens with one attached hydrogen (secondary N) is 1. The van der Waals surface area contributed by atoms with Crippen LogP contribution in [0.3, 0.4) is 0 Å². The van der Waals surface area contributed by atoms with Gasteiger partial charge in [-0.25, -0.2) is 14.1 Å². The van der Waals surface area contributed by atoms with E-state index in [2.05, 4.69) is 20.5 Å². The number of hydrazone groups is 1. The third kappa shape index (κ3) is 2.82. The molecular formula is C17H15FN6O. The Balaban J connectivity index is 1.82. The Labute approximate surface area is 142 Å². The van der Waals surface area contributed by atoms with Gasteiger partial charge in [-0.2, -0.15) is 10.2 Å². The number of aromatic nitrogens is 3. The third-order valence-electron chi connectivity index (χ3n) is 3.91. The highest BCUT2D eigenvalue weighted by Gasteiger charge is 2.23. The zero-order valence-corrected chi connectivity index (χ0v) is 13.5. The van der Waals surface area contributed by atoms with E-state index in [1.165, 1.54) is 6.07 Å². The van der Waals surface area contributed by atoms with Crippen molar-refractivity contribution in [1.82, 2.24) is 25.1 Å². The summed E-state index contributed by atoms with van der Waals surface area (Å²) < 4.78 is 15.6. The first kappa shape index (κ1) is 15.3. The van der Waals surface area contributed by atoms with E-state index in [-0.39, 0.29) is 24.8 Å². The van der Waals surface area contributed by atoms with Crippen molar-refractivity contribution >= 4 is 22.8 Å². The summed E-state index contributed by atoms with van der Waals surface area (Å²) in [7, 11) is 1.72. The summed E-state index contributed by atoms with van der Waals surface area (Å²) in [6.45, 7) is 0.423. The summed E-state index contributed by atoms with van der Waals surface area (Å²) in [6, 6.07) is 10.2. The second-order valence-corrected chi connectivity index (χ2v) is 5.78. The molecule has 8 heteroatoms. The van der Waals surface area contributed by atoms with E-state index in [1.54, 1.807) is 47.2 Å². The zero-order valence-electron chi connectivity index (χ0n) is 13.5. The van der Waals surface area contributed by atoms with Crippen molar-refractivity contribution in [3.63, 3.8) is 0 Å². The Hall–Kier alpha value is -3.29. The molecule has 0 saturated heterocycles. The molecule has 1 aliphatic heterocycles. The number of nitrogens with zero attached hydrogens (tertiary/aromatic N) is 5. The zero-order chi connectivity index (χ0) is 17.4. The molecule has 0 unspecified atom stereocenters. The number of carbonyl (C=O) groups excluding carboxylic acids is 1. The highest BCUT2D eigenvalue weighted by Crippen LogP contribution is 2.19. The monoisotopic (exact) mass is 338 g/mol. The van der Waals surface area contributed by atoms with E-state index < -0.39 is 0 Å². The van der Waals surface area contributed by atoms with Crippen LogP contribution in [-0.2, 0) is 11.3 Å². The molecule has 3 aromatic rings. The number of carbonyl (C=O) groups is 1. The number of halogens is 1. The van der Waals surface area contributed by atoms with Gasteiger partial charge in [0.05, 0.1) is 11.9 Å². The fraction of sp³-hybridized carbons (Fsp3) is 0.176. The van der Waals surface area contributed by atoms with E-state index in [9.17, 15) is 9.18 Å². The molecule has 4 rings (SSSR count). The van der Waals surface area contributed by atoms with Crippen molar-refractivity contribution in [3.05, 3.63) is 59.7 Å². The molecule has 0 aliphatic carbocycles. The molecule has 25 heavy (non-hydrogen) atoms. The van der Waals surface area contributed by atoms with Gasteiger partial charge in [0.1, 0.15) is 18.1 Å². The van der Waals surface area contributed by atoms with Crippen molar-refractivity contribution in [1.29, 1.82) is 0 Å². The molecule has 0 atom stereocenters. The highest BCUT2D eigenvalue weighted by atomic mass is 19.1. The van der Waals surface area contributed by atoms with E-state index in [0.717, 1.165) is 5.39 Å². The van der Waals surface area contributed by atoms with Gasteiger partial charge in [0.15, 0.2) is 11.5 Å². The molecule has 0 spiro atoms.